The van der Waals surface area contributed by atoms with Crippen LogP contribution in [0.15, 0.2) is 54.7 Å². The second kappa shape index (κ2) is 7.03. The van der Waals surface area contributed by atoms with E-state index >= 15 is 0 Å². The predicted molar refractivity (Wildman–Crippen MR) is 80.9 cm³/mol. The van der Waals surface area contributed by atoms with E-state index in [1.807, 2.05) is 31.2 Å². The quantitative estimate of drug-likeness (QED) is 0.829. The minimum Gasteiger partial charge on any atom is -0.478 e. The van der Waals surface area contributed by atoms with E-state index in [0.29, 0.717) is 17.3 Å². The van der Waals surface area contributed by atoms with Crippen LogP contribution in [0.1, 0.15) is 5.56 Å². The molecule has 0 unspecified atom stereocenters. The van der Waals surface area contributed by atoms with Gasteiger partial charge in [-0.1, -0.05) is 17.7 Å². The van der Waals surface area contributed by atoms with Crippen LogP contribution in [-0.4, -0.2) is 22.0 Å². The molecule has 0 aliphatic carbocycles. The van der Waals surface area contributed by atoms with Crippen LogP contribution in [0.2, 0.25) is 0 Å². The second-order valence-electron chi connectivity index (χ2n) is 4.46. The van der Waals surface area contributed by atoms with Crippen LogP contribution >= 0.6 is 0 Å². The van der Waals surface area contributed by atoms with Gasteiger partial charge in [-0.2, -0.15) is 0 Å². The molecular weight excluding hydrogens is 284 g/mol. The highest BCUT2D eigenvalue weighted by molar-refractivity contribution is 6.02. The molecular formula is C16H14N2O4. The number of carboxylic acid groups (broad SMARTS) is 1. The molecule has 0 atom stereocenters. The summed E-state index contributed by atoms with van der Waals surface area (Å²) >= 11 is 0. The van der Waals surface area contributed by atoms with Crippen molar-refractivity contribution in [2.45, 2.75) is 6.92 Å². The number of amides is 1. The number of pyridine rings is 1. The average molecular weight is 298 g/mol. The van der Waals surface area contributed by atoms with Crippen molar-refractivity contribution in [3.63, 3.8) is 0 Å². The molecule has 0 saturated carbocycles. The van der Waals surface area contributed by atoms with Crippen molar-refractivity contribution in [2.24, 2.45) is 0 Å². The van der Waals surface area contributed by atoms with Gasteiger partial charge < -0.3 is 15.2 Å². The molecule has 0 radical (unpaired) electrons. The molecule has 22 heavy (non-hydrogen) atoms. The SMILES string of the molecule is Cc1ccc(Oc2ccc(NC(=O)/C=C/C(=O)O)cn2)cc1. The number of carboxylic acids is 1. The van der Waals surface area contributed by atoms with Crippen molar-refractivity contribution in [3.8, 4) is 11.6 Å². The normalized spacial score (nSPS) is 10.4. The Bertz CT molecular complexity index is 691. The summed E-state index contributed by atoms with van der Waals surface area (Å²) < 4.78 is 5.56. The van der Waals surface area contributed by atoms with Crippen molar-refractivity contribution in [2.75, 3.05) is 5.32 Å². The van der Waals surface area contributed by atoms with Crippen LogP contribution < -0.4 is 10.1 Å². The van der Waals surface area contributed by atoms with Gasteiger partial charge in [0.25, 0.3) is 0 Å². The average Bonchev–Trinajstić information content (AvgIpc) is 2.49. The summed E-state index contributed by atoms with van der Waals surface area (Å²) in [5.74, 6) is -0.672. The van der Waals surface area contributed by atoms with E-state index < -0.39 is 11.9 Å². The molecule has 112 valence electrons. The van der Waals surface area contributed by atoms with Gasteiger partial charge in [0.05, 0.1) is 11.9 Å². The van der Waals surface area contributed by atoms with Crippen molar-refractivity contribution >= 4 is 17.6 Å². The minimum atomic E-state index is -1.19. The van der Waals surface area contributed by atoms with E-state index in [1.165, 1.54) is 6.20 Å². The van der Waals surface area contributed by atoms with Crippen LogP contribution in [-0.2, 0) is 9.59 Å². The van der Waals surface area contributed by atoms with Gasteiger partial charge in [-0.25, -0.2) is 9.78 Å². The van der Waals surface area contributed by atoms with Crippen molar-refractivity contribution in [1.29, 1.82) is 0 Å². The fourth-order valence-corrected chi connectivity index (χ4v) is 1.57. The summed E-state index contributed by atoms with van der Waals surface area (Å²) in [5.41, 5.74) is 1.57. The van der Waals surface area contributed by atoms with E-state index in [0.717, 1.165) is 17.7 Å². The smallest absolute Gasteiger partial charge is 0.328 e. The Morgan fingerprint density at radius 1 is 1.14 bits per heavy atom. The summed E-state index contributed by atoms with van der Waals surface area (Å²) in [5, 5.41) is 10.9. The molecule has 1 aromatic heterocycles. The van der Waals surface area contributed by atoms with E-state index in [9.17, 15) is 9.59 Å². The molecule has 0 spiro atoms. The number of anilines is 1. The molecule has 2 aromatic rings. The van der Waals surface area contributed by atoms with Gasteiger partial charge in [-0.15, -0.1) is 0 Å². The number of hydrogen-bond acceptors (Lipinski definition) is 4. The molecule has 2 rings (SSSR count). The van der Waals surface area contributed by atoms with Gasteiger partial charge in [0, 0.05) is 18.2 Å². The Balaban J connectivity index is 1.96. The Hall–Kier alpha value is -3.15. The lowest BCUT2D eigenvalue weighted by Crippen LogP contribution is -2.08. The molecule has 1 heterocycles. The number of ether oxygens (including phenoxy) is 1. The summed E-state index contributed by atoms with van der Waals surface area (Å²) in [6.07, 6.45) is 3.12. The first kappa shape index (κ1) is 15.2. The first-order chi connectivity index (χ1) is 10.5. The summed E-state index contributed by atoms with van der Waals surface area (Å²) in [6.45, 7) is 1.98. The minimum absolute atomic E-state index is 0.392. The third kappa shape index (κ3) is 4.75. The van der Waals surface area contributed by atoms with Crippen molar-refractivity contribution < 1.29 is 19.4 Å². The molecule has 0 aliphatic heterocycles. The summed E-state index contributed by atoms with van der Waals surface area (Å²) in [4.78, 5) is 25.8. The Morgan fingerprint density at radius 3 is 2.45 bits per heavy atom. The highest BCUT2D eigenvalue weighted by Gasteiger charge is 2.02. The zero-order valence-electron chi connectivity index (χ0n) is 11.8. The largest absolute Gasteiger partial charge is 0.478 e. The lowest BCUT2D eigenvalue weighted by atomic mass is 10.2. The number of benzene rings is 1. The standard InChI is InChI=1S/C16H14N2O4/c1-11-2-5-13(6-3-11)22-15-8-4-12(10-17-15)18-14(19)7-9-16(20)21/h2-10H,1H3,(H,18,19)(H,20,21)/b9-7+. The Kier molecular flexibility index (Phi) is 4.87. The van der Waals surface area contributed by atoms with Gasteiger partial charge in [0.2, 0.25) is 11.8 Å². The van der Waals surface area contributed by atoms with Gasteiger partial charge >= 0.3 is 5.97 Å². The molecule has 0 saturated heterocycles. The number of nitrogens with zero attached hydrogens (tertiary/aromatic N) is 1. The zero-order chi connectivity index (χ0) is 15.9. The third-order valence-corrected chi connectivity index (χ3v) is 2.62. The van der Waals surface area contributed by atoms with Crippen LogP contribution in [0.3, 0.4) is 0 Å². The first-order valence-corrected chi connectivity index (χ1v) is 6.45. The maximum Gasteiger partial charge on any atom is 0.328 e. The zero-order valence-corrected chi connectivity index (χ0v) is 11.8. The number of carbonyl (C=O) groups is 2. The maximum absolute atomic E-state index is 11.4. The summed E-state index contributed by atoms with van der Waals surface area (Å²) in [6, 6.07) is 10.8. The van der Waals surface area contributed by atoms with Gasteiger partial charge in [-0.3, -0.25) is 4.79 Å². The van der Waals surface area contributed by atoms with E-state index in [-0.39, 0.29) is 0 Å². The van der Waals surface area contributed by atoms with Crippen LogP contribution in [0.5, 0.6) is 11.6 Å². The predicted octanol–water partition coefficient (Wildman–Crippen LogP) is 2.76. The number of aliphatic carboxylic acids is 1. The maximum atomic E-state index is 11.4. The lowest BCUT2D eigenvalue weighted by Gasteiger charge is -2.06. The fourth-order valence-electron chi connectivity index (χ4n) is 1.57. The number of aromatic nitrogens is 1. The number of rotatable bonds is 5. The van der Waals surface area contributed by atoms with E-state index in [4.69, 9.17) is 9.84 Å². The van der Waals surface area contributed by atoms with Crippen LogP contribution in [0.4, 0.5) is 5.69 Å². The molecule has 0 bridgehead atoms. The van der Waals surface area contributed by atoms with Crippen molar-refractivity contribution in [3.05, 3.63) is 60.3 Å². The Labute approximate surface area is 127 Å². The topological polar surface area (TPSA) is 88.5 Å². The molecule has 2 N–H and O–H groups in total. The fraction of sp³-hybridized carbons (Fsp3) is 0.0625. The first-order valence-electron chi connectivity index (χ1n) is 6.45. The van der Waals surface area contributed by atoms with E-state index in [1.54, 1.807) is 12.1 Å². The third-order valence-electron chi connectivity index (χ3n) is 2.62. The van der Waals surface area contributed by atoms with Gasteiger partial charge in [-0.05, 0) is 25.1 Å². The second-order valence-corrected chi connectivity index (χ2v) is 4.46. The highest BCUT2D eigenvalue weighted by Crippen LogP contribution is 2.20. The highest BCUT2D eigenvalue weighted by atomic mass is 16.5. The van der Waals surface area contributed by atoms with Crippen molar-refractivity contribution in [1.82, 2.24) is 4.98 Å². The molecule has 1 amide bonds. The molecule has 1 aromatic carbocycles. The Morgan fingerprint density at radius 2 is 1.86 bits per heavy atom. The number of carbonyl (C=O) groups excluding carboxylic acids is 1. The molecule has 6 nitrogen and oxygen atoms in total. The van der Waals surface area contributed by atoms with Crippen LogP contribution in [0.25, 0.3) is 0 Å². The van der Waals surface area contributed by atoms with Gasteiger partial charge in [0.1, 0.15) is 5.75 Å². The summed E-state index contributed by atoms with van der Waals surface area (Å²) in [7, 11) is 0. The number of nitrogens with one attached hydrogen (secondary N) is 1. The van der Waals surface area contributed by atoms with Crippen LogP contribution in [0, 0.1) is 6.92 Å². The molecule has 6 heteroatoms. The molecule has 0 aliphatic rings. The monoisotopic (exact) mass is 298 g/mol. The van der Waals surface area contributed by atoms with Gasteiger partial charge in [0.15, 0.2) is 0 Å². The van der Waals surface area contributed by atoms with E-state index in [2.05, 4.69) is 10.3 Å². The molecule has 0 fully saturated rings. The number of aryl methyl sites for hydroxylation is 1. The number of hydrogen-bond donors (Lipinski definition) is 2. The lowest BCUT2D eigenvalue weighted by molar-refractivity contribution is -0.131.